The van der Waals surface area contributed by atoms with E-state index in [1.807, 2.05) is 0 Å². The number of carbonyl (C=O) groups is 6. The number of β-lactam (4-membered cyclic amide) rings is 1. The molecular formula is C26H27N13O8S2. The number of phenolic OH excluding ortho intramolecular Hbond substituents is 1. The second-order valence-corrected chi connectivity index (χ2v) is 12.8. The fourth-order valence-electron chi connectivity index (χ4n) is 5.30. The van der Waals surface area contributed by atoms with Crippen molar-refractivity contribution in [2.75, 3.05) is 31.1 Å². The molecule has 2 fully saturated rings. The highest BCUT2D eigenvalue weighted by molar-refractivity contribution is 8.01. The summed E-state index contributed by atoms with van der Waals surface area (Å²) in [5.74, 6) is -4.19. The minimum absolute atomic E-state index is 0.0956. The number of benzene rings is 1. The molecule has 256 valence electrons. The van der Waals surface area contributed by atoms with Crippen LogP contribution in [0.2, 0.25) is 0 Å². The number of carbonyl (C=O) groups excluding carboxylic acids is 5. The molecule has 6 amide bonds. The van der Waals surface area contributed by atoms with E-state index in [1.54, 1.807) is 6.92 Å². The molecule has 0 aliphatic carbocycles. The van der Waals surface area contributed by atoms with Gasteiger partial charge in [-0.3, -0.25) is 29.0 Å². The molecule has 3 aliphatic rings. The summed E-state index contributed by atoms with van der Waals surface area (Å²) in [6.45, 7) is 2.12. The Bertz CT molecular complexity index is 1830. The van der Waals surface area contributed by atoms with Crippen molar-refractivity contribution in [3.05, 3.63) is 46.9 Å². The molecule has 0 saturated carbocycles. The van der Waals surface area contributed by atoms with Crippen LogP contribution in [0, 0.1) is 0 Å². The number of hydrogen-bond acceptors (Lipinski definition) is 15. The summed E-state index contributed by atoms with van der Waals surface area (Å²) in [6, 6.07) is 1.73. The fourth-order valence-corrected chi connectivity index (χ4v) is 7.67. The first-order chi connectivity index (χ1) is 23.6. The van der Waals surface area contributed by atoms with Crippen LogP contribution in [-0.4, -0.2) is 144 Å². The number of hydrogen-bond donors (Lipinski definition) is 5. The number of amides is 6. The van der Waals surface area contributed by atoms with Gasteiger partial charge in [-0.15, -0.1) is 27.1 Å². The Morgan fingerprint density at radius 3 is 2.59 bits per heavy atom. The molecular weight excluding hydrogens is 687 g/mol. The molecule has 2 aromatic heterocycles. The number of piperazine rings is 1. The zero-order valence-corrected chi connectivity index (χ0v) is 27.0. The van der Waals surface area contributed by atoms with Crippen molar-refractivity contribution in [2.45, 2.75) is 36.1 Å². The average molecular weight is 714 g/mol. The van der Waals surface area contributed by atoms with Gasteiger partial charge in [0.05, 0.1) is 0 Å². The molecule has 2 unspecified atom stereocenters. The smallest absolute Gasteiger partial charge is 0.352 e. The van der Waals surface area contributed by atoms with Crippen LogP contribution in [0.1, 0.15) is 24.4 Å². The lowest BCUT2D eigenvalue weighted by atomic mass is 10.0. The maximum Gasteiger partial charge on any atom is 0.352 e. The van der Waals surface area contributed by atoms with Crippen LogP contribution in [0.25, 0.3) is 0 Å². The highest BCUT2D eigenvalue weighted by Crippen LogP contribution is 2.41. The molecule has 3 aliphatic heterocycles. The number of aromatic nitrogens is 8. The van der Waals surface area contributed by atoms with E-state index in [9.17, 15) is 39.0 Å². The van der Waals surface area contributed by atoms with Crippen molar-refractivity contribution >= 4 is 59.2 Å². The third-order valence-electron chi connectivity index (χ3n) is 7.79. The van der Waals surface area contributed by atoms with E-state index in [4.69, 9.17) is 0 Å². The van der Waals surface area contributed by atoms with Gasteiger partial charge in [-0.05, 0) is 40.6 Å². The number of aromatic hydroxyl groups is 1. The number of imide groups is 1. The SMILES string of the molecule is CCN1CCN(C(=O)NC(C(=O)NC2C(=O)N3C(C(=O)O)=C(CSc4nnnn4Cc4nn[nH]n4)CS[C@@H]23)c2ccc(O)cc2)C(=O)C1=O. The minimum Gasteiger partial charge on any atom is -0.508 e. The summed E-state index contributed by atoms with van der Waals surface area (Å²) in [6.07, 6.45) is 0. The van der Waals surface area contributed by atoms with E-state index in [1.165, 1.54) is 45.6 Å². The van der Waals surface area contributed by atoms with E-state index < -0.39 is 53.1 Å². The Labute approximate surface area is 283 Å². The van der Waals surface area contributed by atoms with Crippen molar-refractivity contribution < 1.29 is 39.0 Å². The normalized spacial score (nSPS) is 19.8. The van der Waals surface area contributed by atoms with Crippen LogP contribution in [0.3, 0.4) is 0 Å². The van der Waals surface area contributed by atoms with Crippen LogP contribution >= 0.6 is 23.5 Å². The molecule has 23 heteroatoms. The predicted octanol–water partition coefficient (Wildman–Crippen LogP) is -2.09. The molecule has 0 radical (unpaired) electrons. The Kier molecular flexibility index (Phi) is 9.44. The van der Waals surface area contributed by atoms with Gasteiger partial charge in [-0.1, -0.05) is 29.1 Å². The lowest BCUT2D eigenvalue weighted by Crippen LogP contribution is -2.71. The maximum absolute atomic E-state index is 13.7. The largest absolute Gasteiger partial charge is 0.508 e. The second-order valence-electron chi connectivity index (χ2n) is 10.7. The van der Waals surface area contributed by atoms with Gasteiger partial charge in [0, 0.05) is 31.1 Å². The number of aliphatic carboxylic acids is 1. The highest BCUT2D eigenvalue weighted by atomic mass is 32.2. The van der Waals surface area contributed by atoms with Crippen molar-refractivity contribution in [1.82, 2.24) is 66.2 Å². The Morgan fingerprint density at radius 2 is 1.90 bits per heavy atom. The number of rotatable bonds is 11. The number of tetrazole rings is 2. The summed E-state index contributed by atoms with van der Waals surface area (Å²) >= 11 is 2.39. The quantitative estimate of drug-likeness (QED) is 0.0809. The first-order valence-electron chi connectivity index (χ1n) is 14.6. The number of fused-ring (bicyclic) bond motifs is 1. The number of likely N-dealkylation sites (N-methyl/N-ethyl adjacent to an activating group) is 1. The van der Waals surface area contributed by atoms with Gasteiger partial charge < -0.3 is 25.7 Å². The van der Waals surface area contributed by atoms with Crippen LogP contribution in [0.4, 0.5) is 4.79 Å². The molecule has 49 heavy (non-hydrogen) atoms. The van der Waals surface area contributed by atoms with Crippen LogP contribution in [-0.2, 0) is 30.5 Å². The topological polar surface area (TPSA) is 275 Å². The van der Waals surface area contributed by atoms with Gasteiger partial charge in [0.15, 0.2) is 5.82 Å². The number of H-pyrrole nitrogens is 1. The molecule has 6 rings (SSSR count). The van der Waals surface area contributed by atoms with Gasteiger partial charge >= 0.3 is 23.8 Å². The Balaban J connectivity index is 1.15. The number of phenols is 1. The Hall–Kier alpha value is -5.58. The second kappa shape index (κ2) is 13.9. The number of nitrogens with one attached hydrogen (secondary N) is 3. The summed E-state index contributed by atoms with van der Waals surface area (Å²) in [5.41, 5.74) is 0.422. The molecule has 5 N–H and O–H groups in total. The Morgan fingerprint density at radius 1 is 1.12 bits per heavy atom. The van der Waals surface area contributed by atoms with Gasteiger partial charge in [0.1, 0.15) is 35.4 Å². The number of carboxylic acid groups (broad SMARTS) is 1. The van der Waals surface area contributed by atoms with Crippen molar-refractivity contribution in [2.24, 2.45) is 0 Å². The summed E-state index contributed by atoms with van der Waals surface area (Å²) in [4.78, 5) is 80.7. The van der Waals surface area contributed by atoms with Crippen molar-refractivity contribution in [3.8, 4) is 5.75 Å². The lowest BCUT2D eigenvalue weighted by molar-refractivity contribution is -0.153. The van der Waals surface area contributed by atoms with E-state index in [0.29, 0.717) is 21.5 Å². The average Bonchev–Trinajstić information content (AvgIpc) is 3.78. The van der Waals surface area contributed by atoms with Crippen LogP contribution in [0.5, 0.6) is 5.75 Å². The van der Waals surface area contributed by atoms with Gasteiger partial charge in [-0.2, -0.15) is 5.21 Å². The summed E-state index contributed by atoms with van der Waals surface area (Å²) in [7, 11) is 0. The minimum atomic E-state index is -1.45. The van der Waals surface area contributed by atoms with E-state index in [-0.39, 0.29) is 54.7 Å². The fraction of sp³-hybridized carbons (Fsp3) is 0.385. The zero-order chi connectivity index (χ0) is 34.8. The molecule has 21 nitrogen and oxygen atoms in total. The molecule has 0 spiro atoms. The monoisotopic (exact) mass is 713 g/mol. The maximum atomic E-state index is 13.7. The number of aromatic amines is 1. The molecule has 1 aromatic carbocycles. The molecule has 5 heterocycles. The van der Waals surface area contributed by atoms with Crippen LogP contribution < -0.4 is 10.6 Å². The van der Waals surface area contributed by atoms with Crippen molar-refractivity contribution in [3.63, 3.8) is 0 Å². The number of thioether (sulfide) groups is 2. The third-order valence-corrected chi connectivity index (χ3v) is 10.2. The van der Waals surface area contributed by atoms with Gasteiger partial charge in [0.2, 0.25) is 11.1 Å². The molecule has 0 bridgehead atoms. The molecule has 2 saturated heterocycles. The summed E-state index contributed by atoms with van der Waals surface area (Å²) in [5, 5.41) is 49.6. The third kappa shape index (κ3) is 6.61. The number of carboxylic acids is 1. The first-order valence-corrected chi connectivity index (χ1v) is 16.6. The van der Waals surface area contributed by atoms with E-state index in [0.717, 1.165) is 16.7 Å². The summed E-state index contributed by atoms with van der Waals surface area (Å²) < 4.78 is 1.41. The van der Waals surface area contributed by atoms with Crippen LogP contribution in [0.15, 0.2) is 40.7 Å². The zero-order valence-electron chi connectivity index (χ0n) is 25.4. The number of nitrogens with zero attached hydrogens (tertiary/aromatic N) is 10. The standard InChI is InChI=1S/C26H27N13O8S2/c1-2-36-7-8-37(22(44)21(36)43)25(47)28-16(12-3-5-14(40)6-4-12)19(41)27-17-20(42)39-18(24(45)46)13(10-48-23(17)39)11-49-26-31-34-35-38(26)9-15-29-32-33-30-15/h3-6,16-17,23,40H,2,7-11H2,1H3,(H,27,41)(H,28,47)(H,45,46)(H,29,30,32,33)/t16?,17?,23-/m0/s1. The number of urea groups is 1. The molecule has 3 aromatic rings. The lowest BCUT2D eigenvalue weighted by Gasteiger charge is -2.49. The van der Waals surface area contributed by atoms with Gasteiger partial charge in [-0.25, -0.2) is 14.3 Å². The van der Waals surface area contributed by atoms with Gasteiger partial charge in [0.25, 0.3) is 5.91 Å². The molecule has 3 atom stereocenters. The van der Waals surface area contributed by atoms with Crippen molar-refractivity contribution in [1.29, 1.82) is 0 Å². The predicted molar refractivity (Wildman–Crippen MR) is 165 cm³/mol. The highest BCUT2D eigenvalue weighted by Gasteiger charge is 2.54. The van der Waals surface area contributed by atoms with E-state index >= 15 is 0 Å². The van der Waals surface area contributed by atoms with E-state index in [2.05, 4.69) is 46.8 Å². The first kappa shape index (κ1) is 33.3.